The van der Waals surface area contributed by atoms with Crippen LogP contribution >= 0.6 is 0 Å². The molecular weight excluding hydrogens is 384 g/mol. The minimum absolute atomic E-state index is 0.128. The van der Waals surface area contributed by atoms with E-state index in [-0.39, 0.29) is 18.0 Å². The van der Waals surface area contributed by atoms with Crippen LogP contribution in [0.2, 0.25) is 0 Å². The number of aryl methyl sites for hydroxylation is 2. The Kier molecular flexibility index (Phi) is 5.05. The van der Waals surface area contributed by atoms with Crippen molar-refractivity contribution in [2.75, 3.05) is 12.4 Å². The molecule has 2 aromatic carbocycles. The molecule has 4 aromatic rings. The van der Waals surface area contributed by atoms with Gasteiger partial charge in [-0.1, -0.05) is 29.4 Å². The SMILES string of the molecule is COc1cccc(-c2nn(CC(=O)Nc3cccc(C)c3)c(=O)c3noc(C)c23)c1. The number of anilines is 1. The highest BCUT2D eigenvalue weighted by molar-refractivity contribution is 5.94. The van der Waals surface area contributed by atoms with Gasteiger partial charge in [0, 0.05) is 11.3 Å². The fourth-order valence-corrected chi connectivity index (χ4v) is 3.27. The molecule has 0 saturated heterocycles. The normalized spacial score (nSPS) is 10.9. The molecule has 30 heavy (non-hydrogen) atoms. The second-order valence-electron chi connectivity index (χ2n) is 6.92. The Morgan fingerprint density at radius 3 is 2.73 bits per heavy atom. The van der Waals surface area contributed by atoms with E-state index in [9.17, 15) is 9.59 Å². The maximum absolute atomic E-state index is 12.9. The van der Waals surface area contributed by atoms with Crippen LogP contribution in [0.25, 0.3) is 22.2 Å². The minimum Gasteiger partial charge on any atom is -0.497 e. The second-order valence-corrected chi connectivity index (χ2v) is 6.92. The number of amides is 1. The number of rotatable bonds is 5. The lowest BCUT2D eigenvalue weighted by Crippen LogP contribution is -2.30. The maximum atomic E-state index is 12.9. The van der Waals surface area contributed by atoms with Gasteiger partial charge in [0.1, 0.15) is 23.7 Å². The van der Waals surface area contributed by atoms with E-state index < -0.39 is 5.56 Å². The van der Waals surface area contributed by atoms with Gasteiger partial charge < -0.3 is 14.6 Å². The van der Waals surface area contributed by atoms with Gasteiger partial charge >= 0.3 is 0 Å². The van der Waals surface area contributed by atoms with E-state index in [2.05, 4.69) is 15.6 Å². The number of benzene rings is 2. The lowest BCUT2D eigenvalue weighted by Gasteiger charge is -2.10. The summed E-state index contributed by atoms with van der Waals surface area (Å²) in [5.41, 5.74) is 2.52. The van der Waals surface area contributed by atoms with E-state index in [4.69, 9.17) is 9.26 Å². The van der Waals surface area contributed by atoms with E-state index in [1.165, 1.54) is 0 Å². The largest absolute Gasteiger partial charge is 0.497 e. The van der Waals surface area contributed by atoms with Crippen LogP contribution in [0, 0.1) is 13.8 Å². The molecule has 0 spiro atoms. The molecular formula is C22H20N4O4. The van der Waals surface area contributed by atoms with Crippen molar-refractivity contribution in [3.8, 4) is 17.0 Å². The predicted molar refractivity (Wildman–Crippen MR) is 113 cm³/mol. The maximum Gasteiger partial charge on any atom is 0.297 e. The van der Waals surface area contributed by atoms with Gasteiger partial charge in [-0.2, -0.15) is 5.10 Å². The predicted octanol–water partition coefficient (Wildman–Crippen LogP) is 3.32. The molecule has 2 heterocycles. The average Bonchev–Trinajstić information content (AvgIpc) is 3.12. The fourth-order valence-electron chi connectivity index (χ4n) is 3.27. The van der Waals surface area contributed by atoms with Crippen molar-refractivity contribution in [3.05, 3.63) is 70.2 Å². The Morgan fingerprint density at radius 2 is 1.97 bits per heavy atom. The quantitative estimate of drug-likeness (QED) is 0.548. The lowest BCUT2D eigenvalue weighted by atomic mass is 10.1. The van der Waals surface area contributed by atoms with Crippen LogP contribution < -0.4 is 15.6 Å². The Bertz CT molecular complexity index is 1310. The molecule has 0 aliphatic carbocycles. The van der Waals surface area contributed by atoms with Gasteiger partial charge in [-0.15, -0.1) is 0 Å². The van der Waals surface area contributed by atoms with Gasteiger partial charge in [0.05, 0.1) is 12.5 Å². The van der Waals surface area contributed by atoms with E-state index >= 15 is 0 Å². The first-order valence-corrected chi connectivity index (χ1v) is 9.34. The molecule has 1 N–H and O–H groups in total. The van der Waals surface area contributed by atoms with Gasteiger partial charge in [-0.25, -0.2) is 4.68 Å². The first-order chi connectivity index (χ1) is 14.5. The highest BCUT2D eigenvalue weighted by atomic mass is 16.5. The first kappa shape index (κ1) is 19.4. The number of methoxy groups -OCH3 is 1. The van der Waals surface area contributed by atoms with E-state index in [0.29, 0.717) is 28.3 Å². The molecule has 0 unspecified atom stereocenters. The molecule has 0 aliphatic rings. The molecule has 0 radical (unpaired) electrons. The number of hydrogen-bond acceptors (Lipinski definition) is 6. The summed E-state index contributed by atoms with van der Waals surface area (Å²) in [5.74, 6) is 0.752. The zero-order chi connectivity index (χ0) is 21.3. The molecule has 0 saturated carbocycles. The second kappa shape index (κ2) is 7.82. The summed E-state index contributed by atoms with van der Waals surface area (Å²) in [6.45, 7) is 3.39. The third-order valence-corrected chi connectivity index (χ3v) is 4.70. The monoisotopic (exact) mass is 404 g/mol. The summed E-state index contributed by atoms with van der Waals surface area (Å²) in [7, 11) is 1.57. The molecule has 8 nitrogen and oxygen atoms in total. The number of aromatic nitrogens is 3. The first-order valence-electron chi connectivity index (χ1n) is 9.34. The van der Waals surface area contributed by atoms with Crippen molar-refractivity contribution < 1.29 is 14.1 Å². The molecule has 0 fully saturated rings. The van der Waals surface area contributed by atoms with Gasteiger partial charge in [0.25, 0.3) is 5.56 Å². The van der Waals surface area contributed by atoms with Crippen LogP contribution in [0.5, 0.6) is 5.75 Å². The molecule has 4 rings (SSSR count). The fraction of sp³-hybridized carbons (Fsp3) is 0.182. The molecule has 8 heteroatoms. The number of nitrogens with zero attached hydrogens (tertiary/aromatic N) is 3. The van der Waals surface area contributed by atoms with Crippen LogP contribution in [-0.4, -0.2) is 28.0 Å². The molecule has 1 amide bonds. The van der Waals surface area contributed by atoms with Crippen LogP contribution in [-0.2, 0) is 11.3 Å². The van der Waals surface area contributed by atoms with Crippen LogP contribution in [0.15, 0.2) is 57.8 Å². The van der Waals surface area contributed by atoms with Crippen molar-refractivity contribution >= 4 is 22.5 Å². The number of carbonyl (C=O) groups excluding carboxylic acids is 1. The van der Waals surface area contributed by atoms with Crippen LogP contribution in [0.4, 0.5) is 5.69 Å². The third kappa shape index (κ3) is 3.67. The molecule has 0 atom stereocenters. The summed E-state index contributed by atoms with van der Waals surface area (Å²) in [6, 6.07) is 14.7. The summed E-state index contributed by atoms with van der Waals surface area (Å²) in [4.78, 5) is 25.4. The summed E-state index contributed by atoms with van der Waals surface area (Å²) in [5, 5.41) is 11.7. The van der Waals surface area contributed by atoms with E-state index in [1.54, 1.807) is 26.2 Å². The number of ether oxygens (including phenoxy) is 1. The lowest BCUT2D eigenvalue weighted by molar-refractivity contribution is -0.117. The molecule has 2 aromatic heterocycles. The van der Waals surface area contributed by atoms with Gasteiger partial charge in [-0.3, -0.25) is 9.59 Å². The van der Waals surface area contributed by atoms with Crippen molar-refractivity contribution in [3.63, 3.8) is 0 Å². The number of nitrogens with one attached hydrogen (secondary N) is 1. The summed E-state index contributed by atoms with van der Waals surface area (Å²) < 4.78 is 11.6. The number of hydrogen-bond donors (Lipinski definition) is 1. The standard InChI is InChI=1S/C22H20N4O4/c1-13-6-4-8-16(10-13)23-18(27)12-26-22(28)21-19(14(2)30-25-21)20(24-26)15-7-5-9-17(11-15)29-3/h4-11H,12H2,1-3H3,(H,23,27). The number of carbonyl (C=O) groups is 1. The van der Waals surface area contributed by atoms with Gasteiger partial charge in [-0.05, 0) is 43.7 Å². The van der Waals surface area contributed by atoms with Crippen molar-refractivity contribution in [1.82, 2.24) is 14.9 Å². The Morgan fingerprint density at radius 1 is 1.17 bits per heavy atom. The van der Waals surface area contributed by atoms with Crippen molar-refractivity contribution in [1.29, 1.82) is 0 Å². The molecule has 0 aliphatic heterocycles. The summed E-state index contributed by atoms with van der Waals surface area (Å²) >= 11 is 0. The highest BCUT2D eigenvalue weighted by Gasteiger charge is 2.20. The number of fused-ring (bicyclic) bond motifs is 1. The van der Waals surface area contributed by atoms with E-state index in [0.717, 1.165) is 15.8 Å². The summed E-state index contributed by atoms with van der Waals surface area (Å²) in [6.07, 6.45) is 0. The Balaban J connectivity index is 1.76. The van der Waals surface area contributed by atoms with Crippen LogP contribution in [0.3, 0.4) is 0 Å². The van der Waals surface area contributed by atoms with Crippen LogP contribution in [0.1, 0.15) is 11.3 Å². The third-order valence-electron chi connectivity index (χ3n) is 4.70. The van der Waals surface area contributed by atoms with Crippen molar-refractivity contribution in [2.45, 2.75) is 20.4 Å². The molecule has 152 valence electrons. The highest BCUT2D eigenvalue weighted by Crippen LogP contribution is 2.29. The Labute approximate surface area is 172 Å². The van der Waals surface area contributed by atoms with Gasteiger partial charge in [0.15, 0.2) is 5.52 Å². The average molecular weight is 404 g/mol. The van der Waals surface area contributed by atoms with Crippen molar-refractivity contribution in [2.24, 2.45) is 0 Å². The zero-order valence-electron chi connectivity index (χ0n) is 16.8. The molecule has 0 bridgehead atoms. The smallest absolute Gasteiger partial charge is 0.297 e. The zero-order valence-corrected chi connectivity index (χ0v) is 16.8. The van der Waals surface area contributed by atoms with Gasteiger partial charge in [0.2, 0.25) is 5.91 Å². The van der Waals surface area contributed by atoms with E-state index in [1.807, 2.05) is 43.3 Å². The minimum atomic E-state index is -0.493. The topological polar surface area (TPSA) is 99.2 Å². The Hall–Kier alpha value is -3.94.